The second-order valence-electron chi connectivity index (χ2n) is 5.71. The van der Waals surface area contributed by atoms with Gasteiger partial charge in [-0.3, -0.25) is 4.79 Å². The van der Waals surface area contributed by atoms with Crippen molar-refractivity contribution in [1.29, 1.82) is 0 Å². The zero-order valence-corrected chi connectivity index (χ0v) is 13.3. The number of para-hydroxylation sites is 1. The molecule has 0 aromatic heterocycles. The summed E-state index contributed by atoms with van der Waals surface area (Å²) in [7, 11) is 0. The molecule has 1 heterocycles. The fraction of sp³-hybridized carbons (Fsp3) is 0.500. The Bertz CT molecular complexity index is 584. The molecule has 1 amide bonds. The van der Waals surface area contributed by atoms with Crippen LogP contribution in [0.25, 0.3) is 0 Å². The summed E-state index contributed by atoms with van der Waals surface area (Å²) < 4.78 is 16.4. The topological polar surface area (TPSA) is 94.1 Å². The number of ether oxygens (including phenoxy) is 3. The molecular weight excluding hydrogens is 302 g/mol. The van der Waals surface area contributed by atoms with Crippen molar-refractivity contribution in [2.75, 3.05) is 6.54 Å². The lowest BCUT2D eigenvalue weighted by atomic mass is 10.2. The molecule has 0 spiro atoms. The van der Waals surface area contributed by atoms with E-state index < -0.39 is 17.8 Å². The number of unbranched alkanes of at least 4 members (excludes halogenated alkanes) is 2. The first-order valence-electron chi connectivity index (χ1n) is 7.56. The maximum atomic E-state index is 11.8. The van der Waals surface area contributed by atoms with Gasteiger partial charge in [-0.2, -0.15) is 0 Å². The van der Waals surface area contributed by atoms with E-state index in [1.54, 1.807) is 32.0 Å². The quantitative estimate of drug-likeness (QED) is 0.749. The molecule has 0 fully saturated rings. The highest BCUT2D eigenvalue weighted by Gasteiger charge is 2.34. The van der Waals surface area contributed by atoms with Crippen LogP contribution in [0.15, 0.2) is 18.2 Å². The third kappa shape index (κ3) is 5.05. The Labute approximate surface area is 134 Å². The molecule has 1 aromatic carbocycles. The number of fused-ring (bicyclic) bond motifs is 1. The van der Waals surface area contributed by atoms with Crippen molar-refractivity contribution in [2.45, 2.75) is 45.3 Å². The van der Waals surface area contributed by atoms with Gasteiger partial charge in [0.25, 0.3) is 0 Å². The monoisotopic (exact) mass is 323 g/mol. The summed E-state index contributed by atoms with van der Waals surface area (Å²) in [6.45, 7) is 3.97. The summed E-state index contributed by atoms with van der Waals surface area (Å²) in [5.41, 5.74) is 0. The molecule has 0 unspecified atom stereocenters. The van der Waals surface area contributed by atoms with Crippen LogP contribution < -0.4 is 19.5 Å². The lowest BCUT2D eigenvalue weighted by Crippen LogP contribution is -2.30. The van der Waals surface area contributed by atoms with E-state index in [1.807, 2.05) is 0 Å². The number of carbonyl (C=O) groups is 2. The maximum Gasteiger partial charge on any atom is 0.412 e. The van der Waals surface area contributed by atoms with Gasteiger partial charge in [0.15, 0.2) is 11.5 Å². The average molecular weight is 323 g/mol. The van der Waals surface area contributed by atoms with E-state index in [0.29, 0.717) is 36.6 Å². The van der Waals surface area contributed by atoms with E-state index in [9.17, 15) is 9.59 Å². The predicted molar refractivity (Wildman–Crippen MR) is 81.9 cm³/mol. The standard InChI is InChI=1S/C16H21NO6/c1-16(2)22-12-8-6-7-11(14(12)23-16)21-15(20)17-10-5-3-4-9-13(18)19/h6-8H,3-5,9-10H2,1-2H3,(H,17,20)(H,18,19). The van der Waals surface area contributed by atoms with Crippen LogP contribution in [0.1, 0.15) is 39.5 Å². The molecule has 7 nitrogen and oxygen atoms in total. The average Bonchev–Trinajstić information content (AvgIpc) is 2.77. The van der Waals surface area contributed by atoms with Crippen LogP contribution in [0.3, 0.4) is 0 Å². The number of amides is 1. The fourth-order valence-electron chi connectivity index (χ4n) is 2.19. The zero-order chi connectivity index (χ0) is 16.9. The molecule has 2 rings (SSSR count). The molecule has 2 N–H and O–H groups in total. The smallest absolute Gasteiger partial charge is 0.412 e. The highest BCUT2D eigenvalue weighted by atomic mass is 16.7. The normalized spacial score (nSPS) is 14.3. The fourth-order valence-corrected chi connectivity index (χ4v) is 2.19. The van der Waals surface area contributed by atoms with Gasteiger partial charge in [0.2, 0.25) is 11.5 Å². The summed E-state index contributed by atoms with van der Waals surface area (Å²) in [6.07, 6.45) is 1.59. The van der Waals surface area contributed by atoms with Gasteiger partial charge in [0, 0.05) is 26.8 Å². The van der Waals surface area contributed by atoms with Crippen LogP contribution in [-0.4, -0.2) is 29.5 Å². The first-order valence-corrected chi connectivity index (χ1v) is 7.56. The lowest BCUT2D eigenvalue weighted by molar-refractivity contribution is -0.137. The minimum Gasteiger partial charge on any atom is -0.481 e. The second-order valence-corrected chi connectivity index (χ2v) is 5.71. The molecule has 1 aromatic rings. The number of hydrogen-bond acceptors (Lipinski definition) is 5. The van der Waals surface area contributed by atoms with Crippen LogP contribution >= 0.6 is 0 Å². The number of carboxylic acids is 1. The molecule has 23 heavy (non-hydrogen) atoms. The van der Waals surface area contributed by atoms with Crippen molar-refractivity contribution in [3.63, 3.8) is 0 Å². The van der Waals surface area contributed by atoms with Crippen molar-refractivity contribution in [3.05, 3.63) is 18.2 Å². The van der Waals surface area contributed by atoms with Crippen molar-refractivity contribution >= 4 is 12.1 Å². The minimum atomic E-state index is -0.805. The Kier molecular flexibility index (Phi) is 5.31. The van der Waals surface area contributed by atoms with Crippen molar-refractivity contribution in [2.24, 2.45) is 0 Å². The summed E-state index contributed by atoms with van der Waals surface area (Å²) in [4.78, 5) is 22.2. The third-order valence-electron chi connectivity index (χ3n) is 3.19. The molecule has 0 saturated carbocycles. The van der Waals surface area contributed by atoms with Gasteiger partial charge in [-0.1, -0.05) is 12.5 Å². The summed E-state index contributed by atoms with van der Waals surface area (Å²) >= 11 is 0. The van der Waals surface area contributed by atoms with Crippen molar-refractivity contribution in [3.8, 4) is 17.2 Å². The maximum absolute atomic E-state index is 11.8. The van der Waals surface area contributed by atoms with E-state index in [1.165, 1.54) is 0 Å². The number of benzene rings is 1. The van der Waals surface area contributed by atoms with Gasteiger partial charge in [-0.05, 0) is 25.0 Å². The molecule has 7 heteroatoms. The van der Waals surface area contributed by atoms with Crippen LogP contribution in [0.5, 0.6) is 17.2 Å². The Morgan fingerprint density at radius 1 is 1.22 bits per heavy atom. The van der Waals surface area contributed by atoms with Crippen molar-refractivity contribution in [1.82, 2.24) is 5.32 Å². The lowest BCUT2D eigenvalue weighted by Gasteiger charge is -2.16. The van der Waals surface area contributed by atoms with E-state index in [-0.39, 0.29) is 6.42 Å². The van der Waals surface area contributed by atoms with Gasteiger partial charge >= 0.3 is 12.1 Å². The summed E-state index contributed by atoms with van der Waals surface area (Å²) in [5, 5.41) is 11.2. The highest BCUT2D eigenvalue weighted by molar-refractivity contribution is 5.72. The first kappa shape index (κ1) is 16.9. The van der Waals surface area contributed by atoms with E-state index >= 15 is 0 Å². The van der Waals surface area contributed by atoms with Crippen molar-refractivity contribution < 1.29 is 28.9 Å². The number of rotatable bonds is 7. The SMILES string of the molecule is CC1(C)Oc2cccc(OC(=O)NCCCCCC(=O)O)c2O1. The Balaban J connectivity index is 1.77. The van der Waals surface area contributed by atoms with E-state index in [0.717, 1.165) is 6.42 Å². The predicted octanol–water partition coefficient (Wildman–Crippen LogP) is 2.93. The number of carboxylic acid groups (broad SMARTS) is 1. The second kappa shape index (κ2) is 7.21. The summed E-state index contributed by atoms with van der Waals surface area (Å²) in [6, 6.07) is 5.10. The van der Waals surface area contributed by atoms with Crippen LogP contribution in [0.4, 0.5) is 4.79 Å². The van der Waals surface area contributed by atoms with Gasteiger partial charge in [-0.15, -0.1) is 0 Å². The number of carbonyl (C=O) groups excluding carboxylic acids is 1. The first-order chi connectivity index (χ1) is 10.9. The Morgan fingerprint density at radius 3 is 2.74 bits per heavy atom. The third-order valence-corrected chi connectivity index (χ3v) is 3.19. The molecule has 0 saturated heterocycles. The largest absolute Gasteiger partial charge is 0.481 e. The van der Waals surface area contributed by atoms with Gasteiger partial charge in [-0.25, -0.2) is 4.79 Å². The highest BCUT2D eigenvalue weighted by Crippen LogP contribution is 2.45. The van der Waals surface area contributed by atoms with Crippen LogP contribution in [-0.2, 0) is 4.79 Å². The van der Waals surface area contributed by atoms with Gasteiger partial charge in [0.05, 0.1) is 0 Å². The van der Waals surface area contributed by atoms with Crippen LogP contribution in [0, 0.1) is 0 Å². The van der Waals surface area contributed by atoms with E-state index in [4.69, 9.17) is 19.3 Å². The van der Waals surface area contributed by atoms with Gasteiger partial charge < -0.3 is 24.6 Å². The molecule has 0 aliphatic carbocycles. The molecule has 1 aliphatic heterocycles. The molecular formula is C16H21NO6. The van der Waals surface area contributed by atoms with Crippen LogP contribution in [0.2, 0.25) is 0 Å². The zero-order valence-electron chi connectivity index (χ0n) is 13.3. The number of nitrogens with one attached hydrogen (secondary N) is 1. The molecule has 0 atom stereocenters. The molecule has 126 valence electrons. The van der Waals surface area contributed by atoms with E-state index in [2.05, 4.69) is 5.32 Å². The number of aliphatic carboxylic acids is 1. The Morgan fingerprint density at radius 2 is 2.00 bits per heavy atom. The van der Waals surface area contributed by atoms with Gasteiger partial charge in [0.1, 0.15) is 0 Å². The number of hydrogen-bond donors (Lipinski definition) is 2. The molecule has 0 bridgehead atoms. The molecule has 0 radical (unpaired) electrons. The minimum absolute atomic E-state index is 0.147. The molecule has 1 aliphatic rings. The Hall–Kier alpha value is -2.44. The summed E-state index contributed by atoms with van der Waals surface area (Å²) in [5.74, 6) is -0.345.